The van der Waals surface area contributed by atoms with Gasteiger partial charge in [-0.15, -0.1) is 0 Å². The van der Waals surface area contributed by atoms with Crippen molar-refractivity contribution in [2.75, 3.05) is 64.4 Å². The third-order valence-electron chi connectivity index (χ3n) is 8.14. The van der Waals surface area contributed by atoms with Gasteiger partial charge in [0.15, 0.2) is 5.75 Å². The van der Waals surface area contributed by atoms with E-state index in [0.717, 1.165) is 13.1 Å². The molecular formula is C27H29ClFN5O4. The molecule has 1 aromatic heterocycles. The predicted molar refractivity (Wildman–Crippen MR) is 140 cm³/mol. The van der Waals surface area contributed by atoms with Crippen molar-refractivity contribution in [1.82, 2.24) is 19.7 Å². The molecule has 4 aliphatic rings. The van der Waals surface area contributed by atoms with Crippen LogP contribution in [0.3, 0.4) is 0 Å². The number of aromatic hydroxyl groups is 1. The fraction of sp³-hybridized carbons (Fsp3) is 0.444. The molecule has 4 aliphatic heterocycles. The maximum absolute atomic E-state index is 15.0. The highest BCUT2D eigenvalue weighted by Crippen LogP contribution is 2.47. The van der Waals surface area contributed by atoms with Crippen molar-refractivity contribution < 1.29 is 23.8 Å². The van der Waals surface area contributed by atoms with Gasteiger partial charge in [-0.25, -0.2) is 9.37 Å². The van der Waals surface area contributed by atoms with Gasteiger partial charge in [0, 0.05) is 45.8 Å². The van der Waals surface area contributed by atoms with Gasteiger partial charge < -0.3 is 29.4 Å². The second kappa shape index (κ2) is 9.43. The maximum Gasteiger partial charge on any atom is 0.261 e. The van der Waals surface area contributed by atoms with Gasteiger partial charge in [-0.05, 0) is 37.1 Å². The van der Waals surface area contributed by atoms with E-state index in [9.17, 15) is 19.1 Å². The number of hydrogen-bond donors (Lipinski definition) is 1. The van der Waals surface area contributed by atoms with Gasteiger partial charge in [0.05, 0.1) is 11.6 Å². The lowest BCUT2D eigenvalue weighted by Gasteiger charge is -2.39. The van der Waals surface area contributed by atoms with E-state index in [2.05, 4.69) is 23.4 Å². The number of piperazine rings is 1. The Morgan fingerprint density at radius 3 is 2.61 bits per heavy atom. The molecule has 38 heavy (non-hydrogen) atoms. The number of anilines is 1. The minimum absolute atomic E-state index is 0.0290. The molecule has 200 valence electrons. The Morgan fingerprint density at radius 1 is 1.18 bits per heavy atom. The number of halogens is 2. The summed E-state index contributed by atoms with van der Waals surface area (Å²) in [5, 5.41) is 10.5. The van der Waals surface area contributed by atoms with Crippen molar-refractivity contribution in [1.29, 1.82) is 0 Å². The smallest absolute Gasteiger partial charge is 0.261 e. The van der Waals surface area contributed by atoms with E-state index in [1.165, 1.54) is 24.3 Å². The molecule has 0 radical (unpaired) electrons. The molecule has 6 rings (SSSR count). The number of likely N-dealkylation sites (tertiary alicyclic amines) is 1. The van der Waals surface area contributed by atoms with Crippen molar-refractivity contribution in [3.63, 3.8) is 0 Å². The minimum Gasteiger partial charge on any atom is -0.507 e. The Labute approximate surface area is 225 Å². The summed E-state index contributed by atoms with van der Waals surface area (Å²) >= 11 is 6.80. The van der Waals surface area contributed by atoms with Crippen molar-refractivity contribution in [3.05, 3.63) is 47.3 Å². The first-order valence-corrected chi connectivity index (χ1v) is 13.1. The fourth-order valence-corrected chi connectivity index (χ4v) is 6.60. The lowest BCUT2D eigenvalue weighted by Crippen LogP contribution is -2.57. The van der Waals surface area contributed by atoms with Crippen LogP contribution in [0.5, 0.6) is 11.5 Å². The molecule has 0 bridgehead atoms. The zero-order chi connectivity index (χ0) is 26.7. The molecule has 1 N–H and O–H groups in total. The van der Waals surface area contributed by atoms with E-state index in [1.54, 1.807) is 9.80 Å². The number of phenolic OH excluding ortho intramolecular Hbond substituents is 1. The number of rotatable bonds is 3. The topological polar surface area (TPSA) is 89.5 Å². The minimum atomic E-state index is -0.679. The molecule has 9 nitrogen and oxygen atoms in total. The molecule has 2 unspecified atom stereocenters. The Hall–Kier alpha value is -3.37. The van der Waals surface area contributed by atoms with Gasteiger partial charge >= 0.3 is 0 Å². The van der Waals surface area contributed by atoms with Gasteiger partial charge in [-0.1, -0.05) is 24.2 Å². The number of hydrogen-bond acceptors (Lipinski definition) is 7. The van der Waals surface area contributed by atoms with Crippen LogP contribution in [0.2, 0.25) is 5.02 Å². The number of pyridine rings is 1. The maximum atomic E-state index is 15.0. The molecule has 3 fully saturated rings. The van der Waals surface area contributed by atoms with Crippen LogP contribution in [0.25, 0.3) is 11.3 Å². The summed E-state index contributed by atoms with van der Waals surface area (Å²) in [6, 6.07) is 3.61. The molecule has 0 saturated carbocycles. The van der Waals surface area contributed by atoms with Crippen LogP contribution in [0.1, 0.15) is 10.4 Å². The van der Waals surface area contributed by atoms with E-state index >= 15 is 0 Å². The van der Waals surface area contributed by atoms with E-state index in [-0.39, 0.29) is 51.8 Å². The molecule has 0 aliphatic carbocycles. The average Bonchev–Trinajstić information content (AvgIpc) is 3.40. The number of aromatic nitrogens is 1. The second-order valence-electron chi connectivity index (χ2n) is 10.5. The van der Waals surface area contributed by atoms with E-state index in [4.69, 9.17) is 21.3 Å². The molecule has 11 heteroatoms. The normalized spacial score (nSPS) is 25.0. The number of nitrogens with zero attached hydrogens (tertiary/aromatic N) is 5. The Kier molecular flexibility index (Phi) is 6.19. The highest BCUT2D eigenvalue weighted by Gasteiger charge is 2.44. The number of phenols is 1. The summed E-state index contributed by atoms with van der Waals surface area (Å²) in [6.45, 7) is 7.95. The summed E-state index contributed by atoms with van der Waals surface area (Å²) in [4.78, 5) is 38.8. The summed E-state index contributed by atoms with van der Waals surface area (Å²) in [6.07, 6.45) is 1.26. The fourth-order valence-electron chi connectivity index (χ4n) is 6.32. The zero-order valence-corrected chi connectivity index (χ0v) is 21.8. The number of carbonyl (C=O) groups is 2. The van der Waals surface area contributed by atoms with Gasteiger partial charge in [0.2, 0.25) is 5.91 Å². The summed E-state index contributed by atoms with van der Waals surface area (Å²) < 4.78 is 21.2. The summed E-state index contributed by atoms with van der Waals surface area (Å²) in [5.74, 6) is -0.120. The van der Waals surface area contributed by atoms with Crippen LogP contribution < -0.4 is 9.64 Å². The Bertz CT molecular complexity index is 1300. The highest BCUT2D eigenvalue weighted by molar-refractivity contribution is 6.35. The van der Waals surface area contributed by atoms with Crippen molar-refractivity contribution in [3.8, 4) is 22.8 Å². The SMILES string of the molecule is C=CC(=O)N1CCN2C(=O)c3c(N4CC5CN(C)CC5C4)nc(-c4c(O)cccc4F)c(Cl)c3OC[C@H]2C1. The molecule has 5 heterocycles. The van der Waals surface area contributed by atoms with Crippen LogP contribution in [0.15, 0.2) is 30.9 Å². The lowest BCUT2D eigenvalue weighted by molar-refractivity contribution is -0.128. The van der Waals surface area contributed by atoms with Crippen molar-refractivity contribution in [2.24, 2.45) is 11.8 Å². The first-order valence-electron chi connectivity index (χ1n) is 12.8. The Balaban J connectivity index is 1.47. The van der Waals surface area contributed by atoms with E-state index < -0.39 is 11.9 Å². The molecular weight excluding hydrogens is 513 g/mol. The van der Waals surface area contributed by atoms with Gasteiger partial charge in [-0.2, -0.15) is 0 Å². The number of fused-ring (bicyclic) bond motifs is 3. The van der Waals surface area contributed by atoms with Crippen LogP contribution in [0.4, 0.5) is 10.2 Å². The number of benzene rings is 1. The van der Waals surface area contributed by atoms with Crippen molar-refractivity contribution in [2.45, 2.75) is 6.04 Å². The van der Waals surface area contributed by atoms with Gasteiger partial charge in [0.25, 0.3) is 5.91 Å². The quantitative estimate of drug-likeness (QED) is 0.597. The summed E-state index contributed by atoms with van der Waals surface area (Å²) in [5.41, 5.74) is 0.136. The van der Waals surface area contributed by atoms with Gasteiger partial charge in [-0.3, -0.25) is 9.59 Å². The summed E-state index contributed by atoms with van der Waals surface area (Å²) in [7, 11) is 2.10. The first-order chi connectivity index (χ1) is 18.3. The highest BCUT2D eigenvalue weighted by atomic mass is 35.5. The monoisotopic (exact) mass is 541 g/mol. The first kappa shape index (κ1) is 24.9. The number of carbonyl (C=O) groups excluding carboxylic acids is 2. The predicted octanol–water partition coefficient (Wildman–Crippen LogP) is 2.48. The zero-order valence-electron chi connectivity index (χ0n) is 21.1. The molecule has 2 aromatic rings. The largest absolute Gasteiger partial charge is 0.507 e. The number of ether oxygens (including phenoxy) is 1. The molecule has 1 aromatic carbocycles. The average molecular weight is 542 g/mol. The third kappa shape index (κ3) is 3.97. The van der Waals surface area contributed by atoms with Crippen LogP contribution in [0, 0.1) is 17.7 Å². The van der Waals surface area contributed by atoms with E-state index in [0.29, 0.717) is 50.4 Å². The van der Waals surface area contributed by atoms with Crippen LogP contribution >= 0.6 is 11.6 Å². The van der Waals surface area contributed by atoms with Crippen molar-refractivity contribution >= 4 is 29.2 Å². The molecule has 0 spiro atoms. The molecule has 3 atom stereocenters. The molecule has 2 amide bonds. The van der Waals surface area contributed by atoms with Crippen LogP contribution in [-0.4, -0.2) is 102 Å². The number of amides is 2. The second-order valence-corrected chi connectivity index (χ2v) is 10.9. The van der Waals surface area contributed by atoms with Gasteiger partial charge in [0.1, 0.15) is 40.3 Å². The Morgan fingerprint density at radius 2 is 1.92 bits per heavy atom. The third-order valence-corrected chi connectivity index (χ3v) is 8.49. The molecule has 3 saturated heterocycles. The van der Waals surface area contributed by atoms with Crippen LogP contribution in [-0.2, 0) is 4.79 Å². The lowest BCUT2D eigenvalue weighted by atomic mass is 10.0. The standard InChI is InChI=1S/C27H29ClFN5O4/c1-3-20(36)32-7-8-34-17(13-32)14-38-25-22(27(34)37)26(33-11-15-9-31(2)10-16(15)12-33)30-24(23(25)28)21-18(29)5-4-6-19(21)35/h3-6,15-17,35H,1,7-14H2,2H3/t15?,16?,17-/m1/s1. The van der Waals surface area contributed by atoms with E-state index in [1.807, 2.05) is 0 Å².